The number of hydrogen-bond donors (Lipinski definition) is 1. The van der Waals surface area contributed by atoms with Gasteiger partial charge in [0.25, 0.3) is 5.91 Å². The summed E-state index contributed by atoms with van der Waals surface area (Å²) in [5.41, 5.74) is 5.19. The third-order valence-electron chi connectivity index (χ3n) is 4.87. The summed E-state index contributed by atoms with van der Waals surface area (Å²) in [5.74, 6) is -0.0469. The molecule has 5 nitrogen and oxygen atoms in total. The predicted octanol–water partition coefficient (Wildman–Crippen LogP) is 4.46. The van der Waals surface area contributed by atoms with Crippen LogP contribution in [0.15, 0.2) is 48.5 Å². The minimum Gasteiger partial charge on any atom is -0.360 e. The monoisotopic (exact) mass is 366 g/mol. The van der Waals surface area contributed by atoms with Crippen molar-refractivity contribution < 1.29 is 4.79 Å². The maximum atomic E-state index is 13.3. The molecule has 1 aliphatic rings. The predicted molar refractivity (Wildman–Crippen MR) is 104 cm³/mol. The van der Waals surface area contributed by atoms with Gasteiger partial charge < -0.3 is 5.32 Å². The Labute approximate surface area is 157 Å². The molecule has 0 saturated heterocycles. The Morgan fingerprint density at radius 3 is 2.42 bits per heavy atom. The van der Waals surface area contributed by atoms with Crippen molar-refractivity contribution in [2.75, 3.05) is 10.2 Å². The highest BCUT2D eigenvalue weighted by Crippen LogP contribution is 2.38. The zero-order valence-corrected chi connectivity index (χ0v) is 15.6. The Hall–Kier alpha value is -2.79. The maximum absolute atomic E-state index is 13.3. The molecule has 0 radical (unpaired) electrons. The van der Waals surface area contributed by atoms with Gasteiger partial charge in [0.2, 0.25) is 0 Å². The van der Waals surface area contributed by atoms with Crippen LogP contribution in [-0.4, -0.2) is 15.7 Å². The molecule has 1 atom stereocenters. The summed E-state index contributed by atoms with van der Waals surface area (Å²) in [5, 5.41) is 8.68. The first-order chi connectivity index (χ1) is 12.5. The van der Waals surface area contributed by atoms with Crippen molar-refractivity contribution in [3.8, 4) is 0 Å². The summed E-state index contributed by atoms with van der Waals surface area (Å²) in [7, 11) is 1.91. The van der Waals surface area contributed by atoms with Crippen molar-refractivity contribution in [2.45, 2.75) is 20.0 Å². The van der Waals surface area contributed by atoms with Crippen LogP contribution in [0.3, 0.4) is 0 Å². The minimum atomic E-state index is -0.340. The zero-order chi connectivity index (χ0) is 18.4. The number of nitrogens with zero attached hydrogens (tertiary/aromatic N) is 3. The van der Waals surface area contributed by atoms with Crippen LogP contribution in [-0.2, 0) is 7.05 Å². The zero-order valence-electron chi connectivity index (χ0n) is 14.8. The fraction of sp³-hybridized carbons (Fsp3) is 0.200. The smallest absolute Gasteiger partial charge is 0.262 e. The highest BCUT2D eigenvalue weighted by atomic mass is 35.5. The molecule has 0 aliphatic carbocycles. The van der Waals surface area contributed by atoms with Crippen LogP contribution in [0.2, 0.25) is 5.02 Å². The molecular formula is C20H19ClN4O. The molecule has 6 heteroatoms. The lowest BCUT2D eigenvalue weighted by molar-refractivity contribution is 0.0975. The number of rotatable bonds is 2. The molecule has 0 saturated carbocycles. The number of carbonyl (C=O) groups is 1. The van der Waals surface area contributed by atoms with Crippen molar-refractivity contribution in [2.24, 2.45) is 7.05 Å². The molecule has 1 amide bonds. The SMILES string of the molecule is Cc1nn(C)c(C)c1[C@@H]1Nc2ccccc2C(=O)N1c1ccc(Cl)cc1. The first-order valence-electron chi connectivity index (χ1n) is 8.42. The molecule has 26 heavy (non-hydrogen) atoms. The summed E-state index contributed by atoms with van der Waals surface area (Å²) in [4.78, 5) is 15.1. The van der Waals surface area contributed by atoms with Gasteiger partial charge in [-0.1, -0.05) is 23.7 Å². The number of benzene rings is 2. The summed E-state index contributed by atoms with van der Waals surface area (Å²) in [6.07, 6.45) is -0.340. The lowest BCUT2D eigenvalue weighted by Gasteiger charge is -2.38. The van der Waals surface area contributed by atoms with E-state index in [-0.39, 0.29) is 12.1 Å². The van der Waals surface area contributed by atoms with Gasteiger partial charge >= 0.3 is 0 Å². The van der Waals surface area contributed by atoms with Crippen LogP contribution >= 0.6 is 11.6 Å². The van der Waals surface area contributed by atoms with Gasteiger partial charge in [-0.15, -0.1) is 0 Å². The Bertz CT molecular complexity index is 994. The Kier molecular flexibility index (Phi) is 3.96. The van der Waals surface area contributed by atoms with Crippen LogP contribution in [0.4, 0.5) is 11.4 Å². The average Bonchev–Trinajstić information content (AvgIpc) is 2.88. The van der Waals surface area contributed by atoms with E-state index in [0.717, 1.165) is 28.3 Å². The number of halogens is 1. The highest BCUT2D eigenvalue weighted by molar-refractivity contribution is 6.30. The molecule has 132 valence electrons. The Balaban J connectivity index is 1.91. The number of para-hydroxylation sites is 1. The molecule has 0 fully saturated rings. The van der Waals surface area contributed by atoms with Gasteiger partial charge in [0.15, 0.2) is 0 Å². The standard InChI is InChI=1S/C20H19ClN4O/c1-12-18(13(2)24(3)23-12)19-22-17-7-5-4-6-16(17)20(26)25(19)15-10-8-14(21)9-11-15/h4-11,19,22H,1-3H3/t19-/m1/s1. The number of aryl methyl sites for hydroxylation is 2. The molecule has 0 spiro atoms. The molecule has 2 aromatic carbocycles. The largest absolute Gasteiger partial charge is 0.360 e. The first-order valence-corrected chi connectivity index (χ1v) is 8.80. The van der Waals surface area contributed by atoms with E-state index >= 15 is 0 Å². The van der Waals surface area contributed by atoms with E-state index in [1.165, 1.54) is 0 Å². The second-order valence-electron chi connectivity index (χ2n) is 6.45. The van der Waals surface area contributed by atoms with E-state index in [4.69, 9.17) is 11.6 Å². The molecule has 1 aromatic heterocycles. The third-order valence-corrected chi connectivity index (χ3v) is 5.12. The highest BCUT2D eigenvalue weighted by Gasteiger charge is 2.36. The van der Waals surface area contributed by atoms with Crippen molar-refractivity contribution in [1.29, 1.82) is 0 Å². The van der Waals surface area contributed by atoms with Gasteiger partial charge in [-0.3, -0.25) is 14.4 Å². The van der Waals surface area contributed by atoms with Crippen LogP contribution in [0.1, 0.15) is 33.5 Å². The number of nitrogens with one attached hydrogen (secondary N) is 1. The van der Waals surface area contributed by atoms with Gasteiger partial charge in [-0.25, -0.2) is 0 Å². The van der Waals surface area contributed by atoms with Crippen molar-refractivity contribution in [1.82, 2.24) is 9.78 Å². The normalized spacial score (nSPS) is 16.4. The van der Waals surface area contributed by atoms with Crippen LogP contribution < -0.4 is 10.2 Å². The molecule has 1 aliphatic heterocycles. The molecule has 0 bridgehead atoms. The van der Waals surface area contributed by atoms with E-state index < -0.39 is 0 Å². The summed E-state index contributed by atoms with van der Waals surface area (Å²) in [6.45, 7) is 3.98. The topological polar surface area (TPSA) is 50.2 Å². The molecule has 4 rings (SSSR count). The number of hydrogen-bond acceptors (Lipinski definition) is 3. The van der Waals surface area contributed by atoms with Crippen LogP contribution in [0.5, 0.6) is 0 Å². The quantitative estimate of drug-likeness (QED) is 0.728. The first kappa shape index (κ1) is 16.7. The summed E-state index contributed by atoms with van der Waals surface area (Å²) in [6, 6.07) is 14.9. The molecule has 3 aromatic rings. The van der Waals surface area contributed by atoms with Crippen molar-refractivity contribution >= 4 is 28.9 Å². The second kappa shape index (κ2) is 6.18. The van der Waals surface area contributed by atoms with Crippen molar-refractivity contribution in [3.05, 3.63) is 76.1 Å². The lowest BCUT2D eigenvalue weighted by atomic mass is 10.0. The van der Waals surface area contributed by atoms with E-state index in [9.17, 15) is 4.79 Å². The molecule has 0 unspecified atom stereocenters. The number of anilines is 2. The van der Waals surface area contributed by atoms with Gasteiger partial charge in [-0.05, 0) is 50.2 Å². The van der Waals surface area contributed by atoms with Crippen LogP contribution in [0.25, 0.3) is 0 Å². The fourth-order valence-corrected chi connectivity index (χ4v) is 3.64. The average molecular weight is 367 g/mol. The summed E-state index contributed by atoms with van der Waals surface area (Å²) >= 11 is 6.04. The number of carbonyl (C=O) groups excluding carboxylic acids is 1. The van der Waals surface area contributed by atoms with Gasteiger partial charge in [-0.2, -0.15) is 5.10 Å². The molecule has 1 N–H and O–H groups in total. The van der Waals surface area contributed by atoms with Gasteiger partial charge in [0.1, 0.15) is 6.17 Å². The second-order valence-corrected chi connectivity index (χ2v) is 6.89. The van der Waals surface area contributed by atoms with Gasteiger partial charge in [0, 0.05) is 34.7 Å². The Morgan fingerprint density at radius 1 is 1.08 bits per heavy atom. The number of amides is 1. The minimum absolute atomic E-state index is 0.0469. The van der Waals surface area contributed by atoms with Crippen LogP contribution in [0, 0.1) is 13.8 Å². The molecular weight excluding hydrogens is 348 g/mol. The fourth-order valence-electron chi connectivity index (χ4n) is 3.51. The maximum Gasteiger partial charge on any atom is 0.262 e. The number of aromatic nitrogens is 2. The van der Waals surface area contributed by atoms with E-state index in [1.807, 2.05) is 62.0 Å². The summed E-state index contributed by atoms with van der Waals surface area (Å²) < 4.78 is 1.84. The van der Waals surface area contributed by atoms with E-state index in [0.29, 0.717) is 10.6 Å². The van der Waals surface area contributed by atoms with E-state index in [2.05, 4.69) is 10.4 Å². The number of fused-ring (bicyclic) bond motifs is 1. The lowest BCUT2D eigenvalue weighted by Crippen LogP contribution is -2.43. The van der Waals surface area contributed by atoms with Crippen molar-refractivity contribution in [3.63, 3.8) is 0 Å². The molecule has 2 heterocycles. The van der Waals surface area contributed by atoms with E-state index in [1.54, 1.807) is 17.0 Å². The third kappa shape index (κ3) is 2.56. The Morgan fingerprint density at radius 2 is 1.77 bits per heavy atom. The van der Waals surface area contributed by atoms with Gasteiger partial charge in [0.05, 0.1) is 11.3 Å².